The Balaban J connectivity index is 1.59. The number of fused-ring (bicyclic) bond motifs is 2. The van der Waals surface area contributed by atoms with Crippen molar-refractivity contribution < 1.29 is 31.1 Å². The second kappa shape index (κ2) is 7.37. The molecule has 1 aliphatic rings. The molecule has 2 N–H and O–H groups in total. The van der Waals surface area contributed by atoms with Crippen molar-refractivity contribution in [3.8, 4) is 11.1 Å². The molecule has 3 heterocycles. The molecule has 6 nitrogen and oxygen atoms in total. The third-order valence-corrected chi connectivity index (χ3v) is 5.76. The van der Waals surface area contributed by atoms with E-state index in [0.717, 1.165) is 6.20 Å². The summed E-state index contributed by atoms with van der Waals surface area (Å²) in [5.74, 6) is -2.62. The van der Waals surface area contributed by atoms with Gasteiger partial charge in [0.15, 0.2) is 11.6 Å². The van der Waals surface area contributed by atoms with Gasteiger partial charge in [-0.15, -0.1) is 0 Å². The van der Waals surface area contributed by atoms with E-state index < -0.39 is 52.3 Å². The Morgan fingerprint density at radius 3 is 2.70 bits per heavy atom. The number of aromatic amines is 1. The number of imidazole rings is 1. The normalized spacial score (nSPS) is 19.2. The van der Waals surface area contributed by atoms with E-state index in [1.54, 1.807) is 0 Å². The highest BCUT2D eigenvalue weighted by Gasteiger charge is 2.45. The van der Waals surface area contributed by atoms with Crippen molar-refractivity contribution in [2.24, 2.45) is 5.92 Å². The highest BCUT2D eigenvalue weighted by atomic mass is 35.5. The van der Waals surface area contributed by atoms with Crippen LogP contribution in [0.5, 0.6) is 0 Å². The number of H-pyrrole nitrogens is 1. The molecule has 1 aromatic carbocycles. The number of alkyl halides is 5. The fourth-order valence-electron chi connectivity index (χ4n) is 3.68. The Bertz CT molecular complexity index is 1410. The fraction of sp³-hybridized carbons (Fsp3) is 0.250. The lowest BCUT2D eigenvalue weighted by Gasteiger charge is -2.17. The summed E-state index contributed by atoms with van der Waals surface area (Å²) < 4.78 is 82.4. The summed E-state index contributed by atoms with van der Waals surface area (Å²) in [4.78, 5) is 16.1. The van der Waals surface area contributed by atoms with Crippen LogP contribution in [0, 0.1) is 11.7 Å². The van der Waals surface area contributed by atoms with Crippen LogP contribution in [0.3, 0.4) is 0 Å². The predicted molar refractivity (Wildman–Crippen MR) is 107 cm³/mol. The predicted octanol–water partition coefficient (Wildman–Crippen LogP) is 5.54. The van der Waals surface area contributed by atoms with Crippen molar-refractivity contribution in [1.29, 1.82) is 0 Å². The highest BCUT2D eigenvalue weighted by molar-refractivity contribution is 6.35. The Morgan fingerprint density at radius 1 is 1.30 bits per heavy atom. The van der Waals surface area contributed by atoms with Gasteiger partial charge in [-0.3, -0.25) is 9.89 Å². The fourth-order valence-corrected chi connectivity index (χ4v) is 3.99. The van der Waals surface area contributed by atoms with Gasteiger partial charge in [-0.1, -0.05) is 11.6 Å². The summed E-state index contributed by atoms with van der Waals surface area (Å²) in [6.07, 6.45) is -5.97. The quantitative estimate of drug-likeness (QED) is 0.371. The topological polar surface area (TPSA) is 75.1 Å². The van der Waals surface area contributed by atoms with E-state index in [9.17, 15) is 31.1 Å². The molecule has 0 bridgehead atoms. The molecule has 33 heavy (non-hydrogen) atoms. The van der Waals surface area contributed by atoms with Crippen molar-refractivity contribution in [3.05, 3.63) is 47.1 Å². The number of amides is 1. The number of anilines is 1. The van der Waals surface area contributed by atoms with E-state index in [0.29, 0.717) is 5.65 Å². The minimum atomic E-state index is -5.34. The summed E-state index contributed by atoms with van der Waals surface area (Å²) in [5.41, 5.74) is -1.10. The molecular weight excluding hydrogens is 476 g/mol. The first-order chi connectivity index (χ1) is 15.6. The molecule has 1 saturated carbocycles. The molecule has 0 aliphatic heterocycles. The number of pyridine rings is 1. The second-order valence-electron chi connectivity index (χ2n) is 7.64. The summed E-state index contributed by atoms with van der Waals surface area (Å²) in [6.45, 7) is 0. The van der Waals surface area contributed by atoms with E-state index in [1.807, 2.05) is 0 Å². The molecule has 1 fully saturated rings. The summed E-state index contributed by atoms with van der Waals surface area (Å²) >= 11 is 6.08. The highest BCUT2D eigenvalue weighted by Crippen LogP contribution is 2.46. The zero-order valence-corrected chi connectivity index (χ0v) is 17.0. The number of carbonyl (C=O) groups excluding carboxylic acids is 1. The number of rotatable bonds is 4. The molecule has 3 unspecified atom stereocenters. The maximum absolute atomic E-state index is 14.9. The van der Waals surface area contributed by atoms with E-state index in [4.69, 9.17) is 11.6 Å². The number of aromatic nitrogens is 4. The summed E-state index contributed by atoms with van der Waals surface area (Å²) in [7, 11) is 0. The molecule has 5 rings (SSSR count). The minimum Gasteiger partial charge on any atom is -0.309 e. The zero-order valence-electron chi connectivity index (χ0n) is 16.2. The van der Waals surface area contributed by atoms with Crippen molar-refractivity contribution in [2.45, 2.75) is 24.9 Å². The average molecular weight is 488 g/mol. The van der Waals surface area contributed by atoms with Gasteiger partial charge in [-0.25, -0.2) is 18.2 Å². The number of halogens is 7. The number of hydrogen-bond donors (Lipinski definition) is 2. The third kappa shape index (κ3) is 3.58. The van der Waals surface area contributed by atoms with E-state index in [2.05, 4.69) is 20.5 Å². The van der Waals surface area contributed by atoms with Crippen molar-refractivity contribution in [1.82, 2.24) is 19.6 Å². The van der Waals surface area contributed by atoms with Gasteiger partial charge < -0.3 is 9.72 Å². The Hall–Kier alpha value is -3.28. The largest absolute Gasteiger partial charge is 0.424 e. The first kappa shape index (κ1) is 21.6. The molecule has 0 saturated heterocycles. The van der Waals surface area contributed by atoms with Crippen LogP contribution >= 0.6 is 11.6 Å². The maximum Gasteiger partial charge on any atom is 0.424 e. The monoisotopic (exact) mass is 487 g/mol. The number of carbonyl (C=O) groups is 1. The molecule has 4 aromatic rings. The molecular formula is C20H12ClF6N5O. The molecule has 1 aliphatic carbocycles. The van der Waals surface area contributed by atoms with E-state index in [1.165, 1.54) is 28.9 Å². The van der Waals surface area contributed by atoms with Crippen LogP contribution in [0.4, 0.5) is 32.2 Å². The standard InChI is InChI=1S/C20H12ClF6N5O/c21-15-13(9-4-28-31-17(9)14(16(15)23)18(24)20(25,26)27)7-1-2-12-29-11(6-32(12)5-7)30-19(33)8-3-10(8)22/h1-2,4-6,8,10,18H,3H2,(H,28,31)(H,30,33). The molecule has 1 amide bonds. The van der Waals surface area contributed by atoms with Gasteiger partial charge in [0.1, 0.15) is 11.8 Å². The van der Waals surface area contributed by atoms with E-state index in [-0.39, 0.29) is 28.8 Å². The van der Waals surface area contributed by atoms with Crippen LogP contribution in [-0.2, 0) is 4.79 Å². The van der Waals surface area contributed by atoms with Gasteiger partial charge in [-0.2, -0.15) is 18.3 Å². The summed E-state index contributed by atoms with van der Waals surface area (Å²) in [5, 5.41) is 7.64. The van der Waals surface area contributed by atoms with Crippen LogP contribution in [0.2, 0.25) is 5.02 Å². The molecule has 3 atom stereocenters. The first-order valence-electron chi connectivity index (χ1n) is 9.55. The van der Waals surface area contributed by atoms with Gasteiger partial charge in [0, 0.05) is 22.7 Å². The van der Waals surface area contributed by atoms with Gasteiger partial charge >= 0.3 is 6.18 Å². The van der Waals surface area contributed by atoms with Gasteiger partial charge in [0.05, 0.1) is 34.4 Å². The molecule has 13 heteroatoms. The SMILES string of the molecule is O=C(Nc1cn2cc(-c3c(Cl)c(F)c(C(F)C(F)(F)F)c4[nH]ncc34)ccc2n1)C1CC1F. The van der Waals surface area contributed by atoms with Crippen molar-refractivity contribution >= 4 is 39.9 Å². The Kier molecular flexibility index (Phi) is 4.82. The second-order valence-corrected chi connectivity index (χ2v) is 8.01. The zero-order chi connectivity index (χ0) is 23.7. The number of benzene rings is 1. The maximum atomic E-state index is 14.9. The van der Waals surface area contributed by atoms with E-state index >= 15 is 0 Å². The number of nitrogens with zero attached hydrogens (tertiary/aromatic N) is 3. The molecule has 0 spiro atoms. The molecule has 3 aromatic heterocycles. The molecule has 172 valence electrons. The lowest BCUT2D eigenvalue weighted by atomic mass is 9.97. The number of nitrogens with one attached hydrogen (secondary N) is 2. The Labute approximate surface area is 185 Å². The van der Waals surface area contributed by atoms with Crippen LogP contribution < -0.4 is 5.32 Å². The van der Waals surface area contributed by atoms with Gasteiger partial charge in [-0.05, 0) is 18.6 Å². The van der Waals surface area contributed by atoms with Crippen LogP contribution in [0.1, 0.15) is 18.2 Å². The van der Waals surface area contributed by atoms with Crippen molar-refractivity contribution in [3.63, 3.8) is 0 Å². The van der Waals surface area contributed by atoms with Gasteiger partial charge in [0.25, 0.3) is 0 Å². The first-order valence-corrected chi connectivity index (χ1v) is 9.93. The average Bonchev–Trinajstić information content (AvgIpc) is 3.11. The smallest absolute Gasteiger partial charge is 0.309 e. The summed E-state index contributed by atoms with van der Waals surface area (Å²) in [6, 6.07) is 2.98. The third-order valence-electron chi connectivity index (χ3n) is 5.41. The van der Waals surface area contributed by atoms with Crippen LogP contribution in [-0.4, -0.2) is 37.8 Å². The lowest BCUT2D eigenvalue weighted by molar-refractivity contribution is -0.183. The molecule has 0 radical (unpaired) electrons. The lowest BCUT2D eigenvalue weighted by Crippen LogP contribution is -2.18. The Morgan fingerprint density at radius 2 is 2.03 bits per heavy atom. The number of hydrogen-bond acceptors (Lipinski definition) is 3. The van der Waals surface area contributed by atoms with Gasteiger partial charge in [0.2, 0.25) is 12.1 Å². The van der Waals surface area contributed by atoms with Crippen molar-refractivity contribution in [2.75, 3.05) is 5.32 Å². The van der Waals surface area contributed by atoms with Crippen LogP contribution in [0.15, 0.2) is 30.7 Å². The van der Waals surface area contributed by atoms with Crippen LogP contribution in [0.25, 0.3) is 27.7 Å². The minimum absolute atomic E-state index is 0.00419.